The number of aryl methyl sites for hydroxylation is 2. The summed E-state index contributed by atoms with van der Waals surface area (Å²) >= 11 is 1.98. The lowest BCUT2D eigenvalue weighted by Gasteiger charge is -2.16. The Balaban J connectivity index is 2.03. The number of nitrogens with one attached hydrogen (secondary N) is 1. The van der Waals surface area contributed by atoms with Gasteiger partial charge in [-0.25, -0.2) is 0 Å². The molecular weight excluding hydrogens is 214 g/mol. The molecule has 2 rings (SSSR count). The van der Waals surface area contributed by atoms with Gasteiger partial charge in [-0.15, -0.1) is 11.3 Å². The monoisotopic (exact) mass is 237 g/mol. The predicted octanol–water partition coefficient (Wildman–Crippen LogP) is 4.21. The molecular formula is C14H23NS. The first-order chi connectivity index (χ1) is 7.70. The molecule has 0 amide bonds. The van der Waals surface area contributed by atoms with Crippen molar-refractivity contribution in [3.63, 3.8) is 0 Å². The molecule has 1 aromatic rings. The first kappa shape index (κ1) is 12.1. The Morgan fingerprint density at radius 1 is 1.44 bits per heavy atom. The molecule has 1 unspecified atom stereocenters. The van der Waals surface area contributed by atoms with E-state index in [2.05, 4.69) is 32.2 Å². The van der Waals surface area contributed by atoms with Crippen LogP contribution >= 0.6 is 11.3 Å². The summed E-state index contributed by atoms with van der Waals surface area (Å²) in [5.74, 6) is 0.997. The Labute approximate surface area is 103 Å². The standard InChI is InChI=1S/C14H23NS/c1-4-7-15-13(9-12-5-6-12)14-8-10(2)11(3)16-14/h8,12-13,15H,4-7,9H2,1-3H3. The Morgan fingerprint density at radius 2 is 2.19 bits per heavy atom. The second kappa shape index (κ2) is 5.33. The molecule has 0 bridgehead atoms. The summed E-state index contributed by atoms with van der Waals surface area (Å²) in [6, 6.07) is 3.00. The molecule has 1 atom stereocenters. The number of hydrogen-bond acceptors (Lipinski definition) is 2. The normalized spacial score (nSPS) is 17.7. The van der Waals surface area contributed by atoms with Gasteiger partial charge >= 0.3 is 0 Å². The van der Waals surface area contributed by atoms with Gasteiger partial charge in [0, 0.05) is 15.8 Å². The third kappa shape index (κ3) is 3.08. The summed E-state index contributed by atoms with van der Waals surface area (Å²) in [6.07, 6.45) is 5.48. The number of thiophene rings is 1. The first-order valence-corrected chi connectivity index (χ1v) is 7.32. The van der Waals surface area contributed by atoms with Crippen LogP contribution in [0, 0.1) is 19.8 Å². The van der Waals surface area contributed by atoms with Gasteiger partial charge in [-0.3, -0.25) is 0 Å². The highest BCUT2D eigenvalue weighted by Crippen LogP contribution is 2.39. The van der Waals surface area contributed by atoms with E-state index >= 15 is 0 Å². The maximum atomic E-state index is 3.71. The minimum Gasteiger partial charge on any atom is -0.309 e. The van der Waals surface area contributed by atoms with E-state index < -0.39 is 0 Å². The van der Waals surface area contributed by atoms with Gasteiger partial charge in [-0.2, -0.15) is 0 Å². The van der Waals surface area contributed by atoms with E-state index in [0.29, 0.717) is 6.04 Å². The van der Waals surface area contributed by atoms with Crippen LogP contribution in [0.5, 0.6) is 0 Å². The van der Waals surface area contributed by atoms with Crippen LogP contribution < -0.4 is 5.32 Å². The average molecular weight is 237 g/mol. The molecule has 2 heteroatoms. The van der Waals surface area contributed by atoms with Crippen molar-refractivity contribution in [1.82, 2.24) is 5.32 Å². The van der Waals surface area contributed by atoms with Gasteiger partial charge in [0.15, 0.2) is 0 Å². The van der Waals surface area contributed by atoms with E-state index in [1.165, 1.54) is 36.1 Å². The van der Waals surface area contributed by atoms with Crippen molar-refractivity contribution in [2.24, 2.45) is 5.92 Å². The van der Waals surface area contributed by atoms with Crippen LogP contribution in [0.15, 0.2) is 6.07 Å². The van der Waals surface area contributed by atoms with Gasteiger partial charge in [0.1, 0.15) is 0 Å². The van der Waals surface area contributed by atoms with Crippen molar-refractivity contribution in [1.29, 1.82) is 0 Å². The van der Waals surface area contributed by atoms with Crippen LogP contribution in [0.3, 0.4) is 0 Å². The minimum absolute atomic E-state index is 0.616. The highest BCUT2D eigenvalue weighted by Gasteiger charge is 2.26. The molecule has 0 spiro atoms. The lowest BCUT2D eigenvalue weighted by molar-refractivity contribution is 0.480. The fourth-order valence-corrected chi connectivity index (χ4v) is 3.21. The summed E-state index contributed by atoms with van der Waals surface area (Å²) in [6.45, 7) is 7.85. The molecule has 1 aliphatic rings. The summed E-state index contributed by atoms with van der Waals surface area (Å²) in [5.41, 5.74) is 1.46. The molecule has 1 N–H and O–H groups in total. The Kier molecular flexibility index (Phi) is 4.04. The van der Waals surface area contributed by atoms with Crippen molar-refractivity contribution < 1.29 is 0 Å². The minimum atomic E-state index is 0.616. The summed E-state index contributed by atoms with van der Waals surface area (Å²) < 4.78 is 0. The van der Waals surface area contributed by atoms with Crippen LogP contribution in [0.4, 0.5) is 0 Å². The molecule has 0 saturated heterocycles. The molecule has 90 valence electrons. The Bertz CT molecular complexity index is 319. The van der Waals surface area contributed by atoms with Gasteiger partial charge in [0.25, 0.3) is 0 Å². The lowest BCUT2D eigenvalue weighted by Crippen LogP contribution is -2.21. The van der Waals surface area contributed by atoms with Crippen molar-refractivity contribution in [3.8, 4) is 0 Å². The zero-order valence-electron chi connectivity index (χ0n) is 10.7. The van der Waals surface area contributed by atoms with E-state index in [9.17, 15) is 0 Å². The van der Waals surface area contributed by atoms with Crippen LogP contribution in [-0.2, 0) is 0 Å². The molecule has 1 aliphatic carbocycles. The molecule has 1 saturated carbocycles. The summed E-state index contributed by atoms with van der Waals surface area (Å²) in [5, 5.41) is 3.71. The molecule has 1 aromatic heterocycles. The van der Waals surface area contributed by atoms with Gasteiger partial charge in [-0.05, 0) is 50.8 Å². The third-order valence-corrected chi connectivity index (χ3v) is 4.70. The first-order valence-electron chi connectivity index (χ1n) is 6.51. The fourth-order valence-electron chi connectivity index (χ4n) is 2.08. The average Bonchev–Trinajstić information content (AvgIpc) is 3.01. The molecule has 0 aromatic carbocycles. The molecule has 0 aliphatic heterocycles. The molecule has 1 nitrogen and oxygen atoms in total. The van der Waals surface area contributed by atoms with E-state index in [-0.39, 0.29) is 0 Å². The van der Waals surface area contributed by atoms with Crippen molar-refractivity contribution in [2.75, 3.05) is 6.54 Å². The second-order valence-electron chi connectivity index (χ2n) is 5.07. The lowest BCUT2D eigenvalue weighted by atomic mass is 10.1. The van der Waals surface area contributed by atoms with Crippen molar-refractivity contribution >= 4 is 11.3 Å². The van der Waals surface area contributed by atoms with Crippen molar-refractivity contribution in [2.45, 2.75) is 52.5 Å². The Hall–Kier alpha value is -0.340. The highest BCUT2D eigenvalue weighted by molar-refractivity contribution is 7.12. The maximum Gasteiger partial charge on any atom is 0.0417 e. The number of rotatable bonds is 6. The van der Waals surface area contributed by atoms with Gasteiger partial charge in [-0.1, -0.05) is 19.8 Å². The second-order valence-corrected chi connectivity index (χ2v) is 6.36. The molecule has 1 heterocycles. The summed E-state index contributed by atoms with van der Waals surface area (Å²) in [4.78, 5) is 3.03. The largest absolute Gasteiger partial charge is 0.309 e. The quantitative estimate of drug-likeness (QED) is 0.781. The van der Waals surface area contributed by atoms with Gasteiger partial charge in [0.05, 0.1) is 0 Å². The van der Waals surface area contributed by atoms with Gasteiger partial charge in [0.2, 0.25) is 0 Å². The zero-order chi connectivity index (χ0) is 11.5. The van der Waals surface area contributed by atoms with Crippen LogP contribution in [0.25, 0.3) is 0 Å². The van der Waals surface area contributed by atoms with Crippen LogP contribution in [0.1, 0.15) is 54.0 Å². The van der Waals surface area contributed by atoms with E-state index in [1.54, 1.807) is 4.88 Å². The third-order valence-electron chi connectivity index (χ3n) is 3.44. The van der Waals surface area contributed by atoms with Crippen molar-refractivity contribution in [3.05, 3.63) is 21.4 Å². The van der Waals surface area contributed by atoms with E-state index in [4.69, 9.17) is 0 Å². The molecule has 1 fully saturated rings. The highest BCUT2D eigenvalue weighted by atomic mass is 32.1. The predicted molar refractivity (Wildman–Crippen MR) is 72.2 cm³/mol. The topological polar surface area (TPSA) is 12.0 Å². The van der Waals surface area contributed by atoms with Crippen LogP contribution in [0.2, 0.25) is 0 Å². The van der Waals surface area contributed by atoms with Crippen LogP contribution in [-0.4, -0.2) is 6.54 Å². The van der Waals surface area contributed by atoms with Gasteiger partial charge < -0.3 is 5.32 Å². The Morgan fingerprint density at radius 3 is 2.69 bits per heavy atom. The molecule has 0 radical (unpaired) electrons. The smallest absolute Gasteiger partial charge is 0.0417 e. The summed E-state index contributed by atoms with van der Waals surface area (Å²) in [7, 11) is 0. The SMILES string of the molecule is CCCNC(CC1CC1)c1cc(C)c(C)s1. The van der Waals surface area contributed by atoms with E-state index in [0.717, 1.165) is 12.5 Å². The zero-order valence-corrected chi connectivity index (χ0v) is 11.5. The maximum absolute atomic E-state index is 3.71. The number of hydrogen-bond donors (Lipinski definition) is 1. The fraction of sp³-hybridized carbons (Fsp3) is 0.714. The van der Waals surface area contributed by atoms with E-state index in [1.807, 2.05) is 11.3 Å². The molecule has 16 heavy (non-hydrogen) atoms.